The number of halogens is 1. The van der Waals surface area contributed by atoms with Crippen LogP contribution < -0.4 is 5.32 Å². The number of nitrogens with zero attached hydrogens (tertiary/aromatic N) is 4. The van der Waals surface area contributed by atoms with Crippen LogP contribution in [0.1, 0.15) is 12.5 Å². The van der Waals surface area contributed by atoms with Crippen molar-refractivity contribution < 1.29 is 4.39 Å². The molecule has 19 heavy (non-hydrogen) atoms. The second kappa shape index (κ2) is 7.20. The first kappa shape index (κ1) is 14.0. The highest BCUT2D eigenvalue weighted by molar-refractivity contribution is 7.98. The van der Waals surface area contributed by atoms with E-state index in [1.807, 2.05) is 0 Å². The molecule has 7 heteroatoms. The van der Waals surface area contributed by atoms with Crippen LogP contribution in [0, 0.1) is 5.82 Å². The van der Waals surface area contributed by atoms with Gasteiger partial charge in [-0.25, -0.2) is 9.07 Å². The molecule has 0 aliphatic heterocycles. The fourth-order valence-corrected chi connectivity index (χ4v) is 2.39. The van der Waals surface area contributed by atoms with Crippen LogP contribution in [0.5, 0.6) is 0 Å². The molecule has 5 nitrogen and oxygen atoms in total. The summed E-state index contributed by atoms with van der Waals surface area (Å²) >= 11 is 1.55. The molecule has 1 aromatic heterocycles. The summed E-state index contributed by atoms with van der Waals surface area (Å²) in [6.45, 7) is 4.57. The predicted molar refractivity (Wildman–Crippen MR) is 72.3 cm³/mol. The van der Waals surface area contributed by atoms with Crippen LogP contribution in [-0.4, -0.2) is 33.3 Å². The molecule has 2 aromatic rings. The molecule has 1 heterocycles. The summed E-state index contributed by atoms with van der Waals surface area (Å²) < 4.78 is 14.6. The van der Waals surface area contributed by atoms with Gasteiger partial charge in [-0.05, 0) is 34.7 Å². The predicted octanol–water partition coefficient (Wildman–Crippen LogP) is 1.71. The summed E-state index contributed by atoms with van der Waals surface area (Å²) in [6, 6.07) is 6.47. The van der Waals surface area contributed by atoms with E-state index < -0.39 is 0 Å². The van der Waals surface area contributed by atoms with E-state index >= 15 is 0 Å². The van der Waals surface area contributed by atoms with Crippen LogP contribution in [0.4, 0.5) is 4.39 Å². The molecule has 0 radical (unpaired) electrons. The maximum Gasteiger partial charge on any atom is 0.209 e. The Morgan fingerprint density at radius 3 is 2.84 bits per heavy atom. The van der Waals surface area contributed by atoms with Gasteiger partial charge in [-0.3, -0.25) is 0 Å². The minimum Gasteiger partial charge on any atom is -0.315 e. The van der Waals surface area contributed by atoms with E-state index in [1.165, 1.54) is 12.1 Å². The summed E-state index contributed by atoms with van der Waals surface area (Å²) in [5.74, 6) is 0.506. The van der Waals surface area contributed by atoms with Crippen molar-refractivity contribution in [1.29, 1.82) is 0 Å². The summed E-state index contributed by atoms with van der Waals surface area (Å²) in [6.07, 6.45) is 0. The number of rotatable bonds is 7. The number of benzene rings is 1. The molecule has 0 unspecified atom stereocenters. The standard InChI is InChI=1S/C12H16FN5S/c1-2-14-7-8-18-12(15-16-17-18)19-9-10-3-5-11(13)6-4-10/h3-6,14H,2,7-9H2,1H3. The monoisotopic (exact) mass is 281 g/mol. The molecule has 0 aliphatic rings. The molecular weight excluding hydrogens is 265 g/mol. The van der Waals surface area contributed by atoms with E-state index in [0.29, 0.717) is 0 Å². The van der Waals surface area contributed by atoms with E-state index in [4.69, 9.17) is 0 Å². The summed E-state index contributed by atoms with van der Waals surface area (Å²) in [4.78, 5) is 0. The van der Waals surface area contributed by atoms with Gasteiger partial charge in [-0.2, -0.15) is 0 Å². The van der Waals surface area contributed by atoms with Crippen LogP contribution in [0.25, 0.3) is 0 Å². The molecule has 2 rings (SSSR count). The van der Waals surface area contributed by atoms with Crippen LogP contribution in [-0.2, 0) is 12.3 Å². The second-order valence-electron chi connectivity index (χ2n) is 3.95. The lowest BCUT2D eigenvalue weighted by atomic mass is 10.2. The summed E-state index contributed by atoms with van der Waals surface area (Å²) in [5, 5.41) is 15.6. The highest BCUT2D eigenvalue weighted by atomic mass is 32.2. The summed E-state index contributed by atoms with van der Waals surface area (Å²) in [5.41, 5.74) is 1.05. The van der Waals surface area contributed by atoms with Crippen LogP contribution in [0.15, 0.2) is 29.4 Å². The Hall–Kier alpha value is -1.47. The molecule has 102 valence electrons. The quantitative estimate of drug-likeness (QED) is 0.618. The van der Waals surface area contributed by atoms with Gasteiger partial charge in [0.05, 0.1) is 6.54 Å². The fourth-order valence-electron chi connectivity index (χ4n) is 1.53. The zero-order valence-electron chi connectivity index (χ0n) is 10.7. The van der Waals surface area contributed by atoms with Crippen molar-refractivity contribution in [3.8, 4) is 0 Å². The van der Waals surface area contributed by atoms with Crippen molar-refractivity contribution in [1.82, 2.24) is 25.5 Å². The minimum absolute atomic E-state index is 0.218. The highest BCUT2D eigenvalue weighted by Crippen LogP contribution is 2.19. The van der Waals surface area contributed by atoms with Gasteiger partial charge in [0.1, 0.15) is 5.82 Å². The number of likely N-dealkylation sites (N-methyl/N-ethyl adjacent to an activating group) is 1. The van der Waals surface area contributed by atoms with Gasteiger partial charge in [-0.1, -0.05) is 30.8 Å². The van der Waals surface area contributed by atoms with Gasteiger partial charge < -0.3 is 5.32 Å². The lowest BCUT2D eigenvalue weighted by Gasteiger charge is -2.04. The number of nitrogens with one attached hydrogen (secondary N) is 1. The molecule has 0 atom stereocenters. The Labute approximate surface area is 115 Å². The molecular formula is C12H16FN5S. The Kier molecular flexibility index (Phi) is 5.29. The van der Waals surface area contributed by atoms with E-state index in [0.717, 1.165) is 36.1 Å². The van der Waals surface area contributed by atoms with Crippen LogP contribution in [0.2, 0.25) is 0 Å². The van der Waals surface area contributed by atoms with Gasteiger partial charge in [-0.15, -0.1) is 5.10 Å². The molecule has 0 amide bonds. The zero-order valence-corrected chi connectivity index (χ0v) is 11.5. The van der Waals surface area contributed by atoms with E-state index in [2.05, 4.69) is 27.8 Å². The molecule has 0 saturated heterocycles. The van der Waals surface area contributed by atoms with E-state index in [9.17, 15) is 4.39 Å². The van der Waals surface area contributed by atoms with Crippen LogP contribution >= 0.6 is 11.8 Å². The lowest BCUT2D eigenvalue weighted by molar-refractivity contribution is 0.517. The third-order valence-corrected chi connectivity index (χ3v) is 3.56. The van der Waals surface area contributed by atoms with E-state index in [1.54, 1.807) is 28.6 Å². The van der Waals surface area contributed by atoms with Crippen molar-refractivity contribution in [2.75, 3.05) is 13.1 Å². The highest BCUT2D eigenvalue weighted by Gasteiger charge is 2.06. The van der Waals surface area contributed by atoms with E-state index in [-0.39, 0.29) is 5.82 Å². The van der Waals surface area contributed by atoms with Crippen molar-refractivity contribution in [3.05, 3.63) is 35.6 Å². The molecule has 1 N–H and O–H groups in total. The zero-order chi connectivity index (χ0) is 13.5. The smallest absolute Gasteiger partial charge is 0.209 e. The van der Waals surface area contributed by atoms with Crippen molar-refractivity contribution in [2.24, 2.45) is 0 Å². The molecule has 0 fully saturated rings. The molecule has 0 spiro atoms. The number of aromatic nitrogens is 4. The maximum absolute atomic E-state index is 12.8. The Morgan fingerprint density at radius 1 is 1.32 bits per heavy atom. The first-order valence-electron chi connectivity index (χ1n) is 6.13. The van der Waals surface area contributed by atoms with Gasteiger partial charge in [0, 0.05) is 12.3 Å². The van der Waals surface area contributed by atoms with Crippen LogP contribution in [0.3, 0.4) is 0 Å². The average molecular weight is 281 g/mol. The van der Waals surface area contributed by atoms with Crippen molar-refractivity contribution in [3.63, 3.8) is 0 Å². The average Bonchev–Trinajstić information content (AvgIpc) is 2.86. The number of thioether (sulfide) groups is 1. The lowest BCUT2D eigenvalue weighted by Crippen LogP contribution is -2.20. The topological polar surface area (TPSA) is 55.6 Å². The minimum atomic E-state index is -0.218. The van der Waals surface area contributed by atoms with Gasteiger partial charge in [0.25, 0.3) is 0 Å². The van der Waals surface area contributed by atoms with Gasteiger partial charge >= 0.3 is 0 Å². The van der Waals surface area contributed by atoms with Crippen molar-refractivity contribution >= 4 is 11.8 Å². The number of tetrazole rings is 1. The number of hydrogen-bond donors (Lipinski definition) is 1. The van der Waals surface area contributed by atoms with Gasteiger partial charge in [0.15, 0.2) is 0 Å². The third kappa shape index (κ3) is 4.29. The SMILES string of the molecule is CCNCCn1nnnc1SCc1ccc(F)cc1. The molecule has 0 bridgehead atoms. The van der Waals surface area contributed by atoms with Crippen molar-refractivity contribution in [2.45, 2.75) is 24.4 Å². The first-order valence-corrected chi connectivity index (χ1v) is 7.12. The Morgan fingerprint density at radius 2 is 2.11 bits per heavy atom. The first-order chi connectivity index (χ1) is 9.29. The normalized spacial score (nSPS) is 10.8. The maximum atomic E-state index is 12.8. The second-order valence-corrected chi connectivity index (χ2v) is 4.90. The number of hydrogen-bond acceptors (Lipinski definition) is 5. The summed E-state index contributed by atoms with van der Waals surface area (Å²) in [7, 11) is 0. The molecule has 0 saturated carbocycles. The fraction of sp³-hybridized carbons (Fsp3) is 0.417. The molecule has 1 aromatic carbocycles. The Balaban J connectivity index is 1.88. The molecule has 0 aliphatic carbocycles. The largest absolute Gasteiger partial charge is 0.315 e. The Bertz CT molecular complexity index is 499. The third-order valence-electron chi connectivity index (χ3n) is 2.53. The van der Waals surface area contributed by atoms with Gasteiger partial charge in [0.2, 0.25) is 5.16 Å².